The molecular weight excluding hydrogens is 180 g/mol. The SMILES string of the molecule is CC(F)(F)Cc1nc(N)nc(N)n1. The first kappa shape index (κ1) is 9.56. The van der Waals surface area contributed by atoms with Gasteiger partial charge in [-0.1, -0.05) is 0 Å². The highest BCUT2D eigenvalue weighted by Crippen LogP contribution is 2.16. The molecule has 1 rings (SSSR count). The molecule has 1 heterocycles. The van der Waals surface area contributed by atoms with Crippen molar-refractivity contribution < 1.29 is 8.78 Å². The van der Waals surface area contributed by atoms with Crippen LogP contribution in [0.25, 0.3) is 0 Å². The van der Waals surface area contributed by atoms with Crippen molar-refractivity contribution in [3.05, 3.63) is 5.82 Å². The lowest BCUT2D eigenvalue weighted by molar-refractivity contribution is 0.0206. The van der Waals surface area contributed by atoms with E-state index in [9.17, 15) is 8.78 Å². The van der Waals surface area contributed by atoms with Crippen molar-refractivity contribution >= 4 is 11.9 Å². The maximum absolute atomic E-state index is 12.5. The second-order valence-corrected chi connectivity index (χ2v) is 2.72. The zero-order chi connectivity index (χ0) is 10.1. The lowest BCUT2D eigenvalue weighted by Crippen LogP contribution is -2.17. The zero-order valence-corrected chi connectivity index (χ0v) is 6.96. The van der Waals surface area contributed by atoms with Crippen LogP contribution < -0.4 is 11.5 Å². The smallest absolute Gasteiger partial charge is 0.252 e. The van der Waals surface area contributed by atoms with Gasteiger partial charge in [-0.3, -0.25) is 0 Å². The highest BCUT2D eigenvalue weighted by Gasteiger charge is 2.23. The van der Waals surface area contributed by atoms with Gasteiger partial charge in [0.15, 0.2) is 0 Å². The number of alkyl halides is 2. The van der Waals surface area contributed by atoms with Crippen LogP contribution in [0.2, 0.25) is 0 Å². The van der Waals surface area contributed by atoms with E-state index in [1.54, 1.807) is 0 Å². The van der Waals surface area contributed by atoms with Crippen molar-refractivity contribution in [2.24, 2.45) is 0 Å². The second kappa shape index (κ2) is 3.08. The molecule has 0 aliphatic heterocycles. The molecule has 4 N–H and O–H groups in total. The highest BCUT2D eigenvalue weighted by molar-refractivity contribution is 5.25. The first-order chi connectivity index (χ1) is 5.87. The van der Waals surface area contributed by atoms with Crippen molar-refractivity contribution in [1.29, 1.82) is 0 Å². The van der Waals surface area contributed by atoms with Gasteiger partial charge in [-0.2, -0.15) is 15.0 Å². The van der Waals surface area contributed by atoms with Crippen LogP contribution >= 0.6 is 0 Å². The summed E-state index contributed by atoms with van der Waals surface area (Å²) < 4.78 is 25.0. The molecule has 0 fully saturated rings. The van der Waals surface area contributed by atoms with Gasteiger partial charge in [0.25, 0.3) is 5.92 Å². The van der Waals surface area contributed by atoms with Crippen LogP contribution in [0.5, 0.6) is 0 Å². The number of hydrogen-bond donors (Lipinski definition) is 2. The van der Waals surface area contributed by atoms with Gasteiger partial charge in [-0.15, -0.1) is 0 Å². The van der Waals surface area contributed by atoms with Crippen LogP contribution in [0.15, 0.2) is 0 Å². The van der Waals surface area contributed by atoms with E-state index in [1.807, 2.05) is 0 Å². The Bertz CT molecular complexity index is 288. The highest BCUT2D eigenvalue weighted by atomic mass is 19.3. The van der Waals surface area contributed by atoms with E-state index in [0.29, 0.717) is 0 Å². The van der Waals surface area contributed by atoms with E-state index >= 15 is 0 Å². The van der Waals surface area contributed by atoms with Crippen LogP contribution in [0.1, 0.15) is 12.7 Å². The van der Waals surface area contributed by atoms with Crippen LogP contribution in [0, 0.1) is 0 Å². The maximum atomic E-state index is 12.5. The third kappa shape index (κ3) is 3.14. The van der Waals surface area contributed by atoms with E-state index in [-0.39, 0.29) is 17.7 Å². The molecule has 0 saturated carbocycles. The fraction of sp³-hybridized carbons (Fsp3) is 0.500. The minimum atomic E-state index is -2.87. The monoisotopic (exact) mass is 189 g/mol. The number of rotatable bonds is 2. The summed E-state index contributed by atoms with van der Waals surface area (Å²) in [5, 5.41) is 0. The van der Waals surface area contributed by atoms with Crippen molar-refractivity contribution in [3.8, 4) is 0 Å². The first-order valence-corrected chi connectivity index (χ1v) is 3.50. The number of aromatic nitrogens is 3. The predicted molar refractivity (Wildman–Crippen MR) is 43.0 cm³/mol. The van der Waals surface area contributed by atoms with Gasteiger partial charge < -0.3 is 11.5 Å². The fourth-order valence-electron chi connectivity index (χ4n) is 0.814. The number of nitrogens with two attached hydrogens (primary N) is 2. The molecule has 5 nitrogen and oxygen atoms in total. The van der Waals surface area contributed by atoms with Crippen molar-refractivity contribution in [3.63, 3.8) is 0 Å². The van der Waals surface area contributed by atoms with Gasteiger partial charge in [0.2, 0.25) is 11.9 Å². The minimum Gasteiger partial charge on any atom is -0.368 e. The van der Waals surface area contributed by atoms with E-state index < -0.39 is 12.3 Å². The average Bonchev–Trinajstić information content (AvgIpc) is 1.78. The molecule has 1 aromatic rings. The number of anilines is 2. The van der Waals surface area contributed by atoms with Crippen molar-refractivity contribution in [1.82, 2.24) is 15.0 Å². The normalized spacial score (nSPS) is 11.6. The molecule has 0 saturated heterocycles. The van der Waals surface area contributed by atoms with Crippen LogP contribution in [-0.4, -0.2) is 20.9 Å². The number of nitrogen functional groups attached to an aromatic ring is 2. The van der Waals surface area contributed by atoms with E-state index in [4.69, 9.17) is 11.5 Å². The van der Waals surface area contributed by atoms with E-state index in [1.165, 1.54) is 0 Å². The molecule has 0 spiro atoms. The fourth-order valence-corrected chi connectivity index (χ4v) is 0.814. The summed E-state index contributed by atoms with van der Waals surface area (Å²) >= 11 is 0. The van der Waals surface area contributed by atoms with E-state index in [0.717, 1.165) is 6.92 Å². The molecular formula is C6H9F2N5. The molecule has 1 aromatic heterocycles. The minimum absolute atomic E-state index is 0.0995. The first-order valence-electron chi connectivity index (χ1n) is 3.50. The number of halogens is 2. The third-order valence-electron chi connectivity index (χ3n) is 1.18. The van der Waals surface area contributed by atoms with Crippen molar-refractivity contribution in [2.75, 3.05) is 11.5 Å². The van der Waals surface area contributed by atoms with Crippen LogP contribution in [-0.2, 0) is 6.42 Å². The molecule has 0 aliphatic carbocycles. The Balaban J connectivity index is 2.90. The third-order valence-corrected chi connectivity index (χ3v) is 1.18. The lowest BCUT2D eigenvalue weighted by atomic mass is 10.2. The molecule has 0 atom stereocenters. The Morgan fingerprint density at radius 2 is 1.62 bits per heavy atom. The van der Waals surface area contributed by atoms with Gasteiger partial charge in [-0.05, 0) is 6.92 Å². The van der Waals surface area contributed by atoms with Gasteiger partial charge in [0.05, 0.1) is 6.42 Å². The Kier molecular flexibility index (Phi) is 2.26. The summed E-state index contributed by atoms with van der Waals surface area (Å²) in [4.78, 5) is 10.5. The zero-order valence-electron chi connectivity index (χ0n) is 6.96. The largest absolute Gasteiger partial charge is 0.368 e. The van der Waals surface area contributed by atoms with Gasteiger partial charge in [-0.25, -0.2) is 8.78 Å². The van der Waals surface area contributed by atoms with Gasteiger partial charge >= 0.3 is 0 Å². The van der Waals surface area contributed by atoms with Crippen molar-refractivity contribution in [2.45, 2.75) is 19.3 Å². The predicted octanol–water partition coefficient (Wildman–Crippen LogP) is 0.234. The second-order valence-electron chi connectivity index (χ2n) is 2.72. The summed E-state index contributed by atoms with van der Waals surface area (Å²) in [5.41, 5.74) is 10.4. The Labute approximate surface area is 73.2 Å². The van der Waals surface area contributed by atoms with Gasteiger partial charge in [0, 0.05) is 0 Å². The standard InChI is InChI=1S/C6H9F2N5/c1-6(7,8)2-3-11-4(9)13-5(10)12-3/h2H2,1H3,(H4,9,10,11,12,13). The molecule has 0 aromatic carbocycles. The number of nitrogens with zero attached hydrogens (tertiary/aromatic N) is 3. The molecule has 0 bridgehead atoms. The van der Waals surface area contributed by atoms with Crippen LogP contribution in [0.3, 0.4) is 0 Å². The molecule has 0 amide bonds. The molecule has 72 valence electrons. The van der Waals surface area contributed by atoms with Crippen LogP contribution in [0.4, 0.5) is 20.7 Å². The molecule has 7 heteroatoms. The summed E-state index contributed by atoms with van der Waals surface area (Å²) in [7, 11) is 0. The quantitative estimate of drug-likeness (QED) is 0.695. The lowest BCUT2D eigenvalue weighted by Gasteiger charge is -2.08. The summed E-state index contributed by atoms with van der Waals surface area (Å²) in [6.07, 6.45) is -0.593. The summed E-state index contributed by atoms with van der Waals surface area (Å²) in [5.74, 6) is -3.27. The summed E-state index contributed by atoms with van der Waals surface area (Å²) in [6.45, 7) is 0.767. The Morgan fingerprint density at radius 3 is 2.00 bits per heavy atom. The molecule has 13 heavy (non-hydrogen) atoms. The number of hydrogen-bond acceptors (Lipinski definition) is 5. The molecule has 0 radical (unpaired) electrons. The summed E-state index contributed by atoms with van der Waals surface area (Å²) in [6, 6.07) is 0. The van der Waals surface area contributed by atoms with Gasteiger partial charge in [0.1, 0.15) is 5.82 Å². The Hall–Kier alpha value is -1.53. The topological polar surface area (TPSA) is 90.7 Å². The Morgan fingerprint density at radius 1 is 1.15 bits per heavy atom. The van der Waals surface area contributed by atoms with E-state index in [2.05, 4.69) is 15.0 Å². The average molecular weight is 189 g/mol. The maximum Gasteiger partial charge on any atom is 0.252 e. The molecule has 0 unspecified atom stereocenters. The molecule has 0 aliphatic rings.